The van der Waals surface area contributed by atoms with Crippen molar-refractivity contribution in [2.24, 2.45) is 29.1 Å². The molecule has 4 aliphatic rings. The first-order chi connectivity index (χ1) is 18.5. The maximum atomic E-state index is 13.9. The van der Waals surface area contributed by atoms with Gasteiger partial charge in [0.15, 0.2) is 0 Å². The minimum atomic E-state index is -1.08. The molecule has 6 rings (SSSR count). The second-order valence-corrected chi connectivity index (χ2v) is 13.8. The minimum absolute atomic E-state index is 0.0960. The van der Waals surface area contributed by atoms with Crippen molar-refractivity contribution in [2.45, 2.75) is 76.3 Å². The van der Waals surface area contributed by atoms with Gasteiger partial charge in [0.05, 0.1) is 19.3 Å². The van der Waals surface area contributed by atoms with E-state index in [0.29, 0.717) is 29.7 Å². The van der Waals surface area contributed by atoms with Crippen molar-refractivity contribution in [3.8, 4) is 11.1 Å². The number of nitrogens with one attached hydrogen (secondary N) is 1. The van der Waals surface area contributed by atoms with Gasteiger partial charge in [-0.25, -0.2) is 0 Å². The van der Waals surface area contributed by atoms with Gasteiger partial charge in [-0.2, -0.15) is 5.06 Å². The number of hydrogen-bond acceptors (Lipinski definition) is 6. The molecule has 1 saturated heterocycles. The van der Waals surface area contributed by atoms with Gasteiger partial charge in [-0.15, -0.1) is 0 Å². The first-order valence-corrected chi connectivity index (χ1v) is 15.6. The minimum Gasteiger partial charge on any atom is -0.394 e. The predicted molar refractivity (Wildman–Crippen MR) is 152 cm³/mol. The summed E-state index contributed by atoms with van der Waals surface area (Å²) in [6, 6.07) is 15.0. The van der Waals surface area contributed by atoms with Crippen LogP contribution in [0.3, 0.4) is 0 Å². The van der Waals surface area contributed by atoms with Gasteiger partial charge in [0.25, 0.3) is 0 Å². The SMILES string of the molecule is C[C@@H]1[C@@H](NC(=O)[C@@H]2[C@H]([C@H](C)O)[C@H](CO)ON2Cc2cccc(-c3cccc(S(C)=O)c3)c2)C[C@@H]2C[C@H]1C2(C)C. The first-order valence-electron chi connectivity index (χ1n) is 14.1. The highest BCUT2D eigenvalue weighted by molar-refractivity contribution is 7.84. The standard InChI is InChI=1S/C31H42N2O5S/c1-18-25-14-23(31(25,3)4)15-26(18)32-30(36)29-28(19(2)35)27(17-34)38-33(29)16-20-8-6-9-21(12-20)22-10-7-11-24(13-22)39(5)37/h6-13,18-19,23,25-29,34-35H,14-17H2,1-5H3,(H,32,36)/t18-,19-,23-,25+,26-,27-,28+,29-,39?/m0/s1. The quantitative estimate of drug-likeness (QED) is 0.460. The van der Waals surface area contributed by atoms with Crippen LogP contribution in [0.4, 0.5) is 0 Å². The largest absolute Gasteiger partial charge is 0.394 e. The van der Waals surface area contributed by atoms with E-state index in [1.807, 2.05) is 48.5 Å². The Morgan fingerprint density at radius 3 is 2.49 bits per heavy atom. The lowest BCUT2D eigenvalue weighted by molar-refractivity contribution is -0.183. The van der Waals surface area contributed by atoms with Crippen molar-refractivity contribution < 1.29 is 24.1 Å². The van der Waals surface area contributed by atoms with E-state index in [9.17, 15) is 19.2 Å². The molecular weight excluding hydrogens is 512 g/mol. The van der Waals surface area contributed by atoms with Crippen molar-refractivity contribution >= 4 is 16.7 Å². The Kier molecular flexibility index (Phi) is 8.06. The van der Waals surface area contributed by atoms with Crippen LogP contribution in [0.15, 0.2) is 53.4 Å². The lowest BCUT2D eigenvalue weighted by Crippen LogP contribution is -2.62. The second-order valence-electron chi connectivity index (χ2n) is 12.4. The number of carbonyl (C=O) groups excluding carboxylic acids is 1. The van der Waals surface area contributed by atoms with Crippen molar-refractivity contribution in [1.29, 1.82) is 0 Å². The lowest BCUT2D eigenvalue weighted by atomic mass is 9.45. The average Bonchev–Trinajstić information content (AvgIpc) is 3.28. The highest BCUT2D eigenvalue weighted by Gasteiger charge is 2.57. The Morgan fingerprint density at radius 1 is 1.18 bits per heavy atom. The molecule has 9 atom stereocenters. The van der Waals surface area contributed by atoms with Gasteiger partial charge in [-0.05, 0) is 77.8 Å². The molecule has 0 spiro atoms. The zero-order chi connectivity index (χ0) is 28.1. The molecule has 3 aliphatic carbocycles. The maximum Gasteiger partial charge on any atom is 0.240 e. The summed E-state index contributed by atoms with van der Waals surface area (Å²) in [6.07, 6.45) is 2.37. The molecule has 3 N–H and O–H groups in total. The van der Waals surface area contributed by atoms with E-state index in [1.165, 1.54) is 6.42 Å². The number of hydroxylamine groups is 2. The first kappa shape index (κ1) is 28.4. The van der Waals surface area contributed by atoms with Crippen LogP contribution in [0.2, 0.25) is 0 Å². The summed E-state index contributed by atoms with van der Waals surface area (Å²) in [7, 11) is -1.08. The van der Waals surface area contributed by atoms with Gasteiger partial charge in [0.2, 0.25) is 5.91 Å². The summed E-state index contributed by atoms with van der Waals surface area (Å²) >= 11 is 0. The molecule has 39 heavy (non-hydrogen) atoms. The molecule has 1 amide bonds. The van der Waals surface area contributed by atoms with Crippen LogP contribution < -0.4 is 5.32 Å². The molecule has 212 valence electrons. The monoisotopic (exact) mass is 554 g/mol. The molecule has 4 fully saturated rings. The van der Waals surface area contributed by atoms with Crippen LogP contribution in [0, 0.1) is 29.1 Å². The van der Waals surface area contributed by atoms with Gasteiger partial charge in [0.1, 0.15) is 12.1 Å². The van der Waals surface area contributed by atoms with Crippen LogP contribution in [-0.2, 0) is 27.0 Å². The molecule has 2 aromatic rings. The summed E-state index contributed by atoms with van der Waals surface area (Å²) in [6.45, 7) is 8.63. The van der Waals surface area contributed by atoms with Crippen molar-refractivity contribution in [2.75, 3.05) is 12.9 Å². The maximum absolute atomic E-state index is 13.9. The summed E-state index contributed by atoms with van der Waals surface area (Å²) in [5.41, 5.74) is 3.20. The van der Waals surface area contributed by atoms with Gasteiger partial charge in [-0.1, -0.05) is 51.1 Å². The van der Waals surface area contributed by atoms with E-state index < -0.39 is 35.0 Å². The van der Waals surface area contributed by atoms with E-state index in [-0.39, 0.29) is 18.6 Å². The number of carbonyl (C=O) groups is 1. The van der Waals surface area contributed by atoms with Gasteiger partial charge >= 0.3 is 0 Å². The van der Waals surface area contributed by atoms with Crippen LogP contribution >= 0.6 is 0 Å². The highest BCUT2D eigenvalue weighted by Crippen LogP contribution is 2.61. The van der Waals surface area contributed by atoms with E-state index in [2.05, 4.69) is 26.1 Å². The molecule has 2 bridgehead atoms. The van der Waals surface area contributed by atoms with Crippen molar-refractivity contribution in [3.05, 3.63) is 54.1 Å². The molecule has 0 radical (unpaired) electrons. The third-order valence-electron chi connectivity index (χ3n) is 9.83. The Hall–Kier alpha value is -2.10. The molecule has 7 nitrogen and oxygen atoms in total. The molecular formula is C31H42N2O5S. The van der Waals surface area contributed by atoms with Crippen molar-refractivity contribution in [3.63, 3.8) is 0 Å². The number of rotatable bonds is 8. The zero-order valence-electron chi connectivity index (χ0n) is 23.5. The third-order valence-corrected chi connectivity index (χ3v) is 10.7. The Bertz CT molecular complexity index is 1230. The lowest BCUT2D eigenvalue weighted by Gasteiger charge is -2.62. The number of hydrogen-bond donors (Lipinski definition) is 3. The topological polar surface area (TPSA) is 99.1 Å². The number of nitrogens with zero attached hydrogens (tertiary/aromatic N) is 1. The average molecular weight is 555 g/mol. The fraction of sp³-hybridized carbons (Fsp3) is 0.581. The summed E-state index contributed by atoms with van der Waals surface area (Å²) in [4.78, 5) is 20.7. The number of benzene rings is 2. The molecule has 1 aliphatic heterocycles. The van der Waals surface area contributed by atoms with E-state index in [0.717, 1.165) is 28.0 Å². The van der Waals surface area contributed by atoms with E-state index in [4.69, 9.17) is 4.84 Å². The number of aliphatic hydroxyl groups is 2. The van der Waals surface area contributed by atoms with Gasteiger partial charge < -0.3 is 15.5 Å². The molecule has 2 aromatic carbocycles. The van der Waals surface area contributed by atoms with Crippen LogP contribution in [0.25, 0.3) is 11.1 Å². The predicted octanol–water partition coefficient (Wildman–Crippen LogP) is 3.75. The van der Waals surface area contributed by atoms with Crippen LogP contribution in [0.5, 0.6) is 0 Å². The Balaban J connectivity index is 1.37. The van der Waals surface area contributed by atoms with Crippen LogP contribution in [0.1, 0.15) is 46.1 Å². The Morgan fingerprint density at radius 2 is 1.87 bits per heavy atom. The summed E-state index contributed by atoms with van der Waals surface area (Å²) < 4.78 is 12.0. The fourth-order valence-corrected chi connectivity index (χ4v) is 7.93. The fourth-order valence-electron chi connectivity index (χ4n) is 7.37. The van der Waals surface area contributed by atoms with Crippen LogP contribution in [-0.4, -0.2) is 62.5 Å². The van der Waals surface area contributed by atoms with Crippen molar-refractivity contribution in [1.82, 2.24) is 10.4 Å². The molecule has 3 saturated carbocycles. The number of fused-ring (bicyclic) bond motifs is 2. The smallest absolute Gasteiger partial charge is 0.240 e. The zero-order valence-corrected chi connectivity index (χ0v) is 24.4. The molecule has 1 unspecified atom stereocenters. The number of aliphatic hydroxyl groups excluding tert-OH is 2. The third kappa shape index (κ3) is 5.34. The second kappa shape index (κ2) is 11.1. The Labute approximate surface area is 234 Å². The molecule has 1 heterocycles. The van der Waals surface area contributed by atoms with E-state index in [1.54, 1.807) is 18.2 Å². The molecule has 8 heteroatoms. The van der Waals surface area contributed by atoms with E-state index >= 15 is 0 Å². The van der Waals surface area contributed by atoms with Gasteiger partial charge in [-0.3, -0.25) is 13.8 Å². The number of amides is 1. The summed E-state index contributed by atoms with van der Waals surface area (Å²) in [5, 5.41) is 25.7. The molecule has 0 aromatic heterocycles. The summed E-state index contributed by atoms with van der Waals surface area (Å²) in [5.74, 6) is 0.889. The normalized spacial score (nSPS) is 33.3. The van der Waals surface area contributed by atoms with Gasteiger partial charge in [0, 0.05) is 33.9 Å². The highest BCUT2D eigenvalue weighted by atomic mass is 32.2.